The first-order valence-electron chi connectivity index (χ1n) is 13.4. The third-order valence-electron chi connectivity index (χ3n) is 6.24. The zero-order valence-electron chi connectivity index (χ0n) is 24.4. The first-order chi connectivity index (χ1) is 20.7. The molecule has 1 atom stereocenters. The molecule has 2 aromatic heterocycles. The Morgan fingerprint density at radius 1 is 1.32 bits per heavy atom. The predicted octanol–water partition coefficient (Wildman–Crippen LogP) is 4.79. The SMILES string of the molecule is CB(O)N([B]C=O)c1nnc(C(=O)Nc2nc3c(s2)CN(C(=O)OC(C)(C)C)CC3)cc1OC(C)c1c(Cl)ccc(F)c1Cl. The van der Waals surface area contributed by atoms with Crippen molar-refractivity contribution in [1.82, 2.24) is 20.1 Å². The third-order valence-corrected chi connectivity index (χ3v) is 7.95. The van der Waals surface area contributed by atoms with E-state index in [1.54, 1.807) is 32.6 Å². The lowest BCUT2D eigenvalue weighted by molar-refractivity contribution is 0.0225. The Morgan fingerprint density at radius 3 is 2.70 bits per heavy atom. The summed E-state index contributed by atoms with van der Waals surface area (Å²) in [7, 11) is -0.232. The number of hydrogen-bond acceptors (Lipinski definition) is 11. The summed E-state index contributed by atoms with van der Waals surface area (Å²) in [5.74, 6) is -1.58. The van der Waals surface area contributed by atoms with Crippen LogP contribution in [0.2, 0.25) is 16.9 Å². The highest BCUT2D eigenvalue weighted by atomic mass is 35.5. The lowest BCUT2D eigenvalue weighted by atomic mass is 9.73. The Balaban J connectivity index is 1.59. The molecule has 3 heterocycles. The maximum atomic E-state index is 14.2. The highest BCUT2D eigenvalue weighted by molar-refractivity contribution is 7.15. The second kappa shape index (κ2) is 13.7. The Labute approximate surface area is 268 Å². The molecule has 12 nitrogen and oxygen atoms in total. The van der Waals surface area contributed by atoms with E-state index in [0.717, 1.165) is 28.8 Å². The Hall–Kier alpha value is -3.46. The number of nitrogens with zero attached hydrogens (tertiary/aromatic N) is 5. The van der Waals surface area contributed by atoms with Gasteiger partial charge in [0.25, 0.3) is 5.91 Å². The fraction of sp³-hybridized carbons (Fsp3) is 0.385. The lowest BCUT2D eigenvalue weighted by Gasteiger charge is -2.29. The van der Waals surface area contributed by atoms with Gasteiger partial charge in [-0.15, -0.1) is 10.2 Å². The topological polar surface area (TPSA) is 147 Å². The summed E-state index contributed by atoms with van der Waals surface area (Å²) in [6, 6.07) is 3.69. The van der Waals surface area contributed by atoms with Crippen molar-refractivity contribution in [3.05, 3.63) is 55.9 Å². The highest BCUT2D eigenvalue weighted by Gasteiger charge is 2.30. The molecule has 44 heavy (non-hydrogen) atoms. The summed E-state index contributed by atoms with van der Waals surface area (Å²) in [5, 5.41) is 21.1. The smallest absolute Gasteiger partial charge is 0.410 e. The molecule has 1 unspecified atom stereocenters. The number of carbonyl (C=O) groups is 3. The fourth-order valence-electron chi connectivity index (χ4n) is 4.24. The zero-order chi connectivity index (χ0) is 32.3. The molecule has 1 aliphatic heterocycles. The summed E-state index contributed by atoms with van der Waals surface area (Å²) < 4.78 is 26.8. The van der Waals surface area contributed by atoms with E-state index in [1.165, 1.54) is 30.3 Å². The van der Waals surface area contributed by atoms with Crippen LogP contribution in [-0.2, 0) is 22.5 Å². The molecule has 2 N–H and O–H groups in total. The molecule has 18 heteroatoms. The molecule has 1 radical (unpaired) electrons. The van der Waals surface area contributed by atoms with Gasteiger partial charge in [0.05, 0.1) is 17.3 Å². The van der Waals surface area contributed by atoms with Crippen LogP contribution in [-0.4, -0.2) is 69.9 Å². The van der Waals surface area contributed by atoms with Crippen LogP contribution in [0.1, 0.15) is 60.4 Å². The van der Waals surface area contributed by atoms with Crippen LogP contribution >= 0.6 is 34.5 Å². The minimum absolute atomic E-state index is 0.0838. The van der Waals surface area contributed by atoms with Crippen LogP contribution in [0.15, 0.2) is 18.2 Å². The van der Waals surface area contributed by atoms with Crippen molar-refractivity contribution < 1.29 is 33.3 Å². The van der Waals surface area contributed by atoms with E-state index in [2.05, 4.69) is 20.5 Å². The first-order valence-corrected chi connectivity index (χ1v) is 15.0. The number of benzene rings is 1. The van der Waals surface area contributed by atoms with Crippen LogP contribution in [0.25, 0.3) is 0 Å². The second-order valence-corrected chi connectivity index (χ2v) is 12.6. The van der Waals surface area contributed by atoms with E-state index in [-0.39, 0.29) is 44.5 Å². The van der Waals surface area contributed by atoms with Crippen molar-refractivity contribution in [3.8, 4) is 5.75 Å². The molecule has 1 aromatic carbocycles. The largest absolute Gasteiger partial charge is 0.482 e. The number of anilines is 2. The molecule has 4 rings (SSSR count). The highest BCUT2D eigenvalue weighted by Crippen LogP contribution is 2.37. The van der Waals surface area contributed by atoms with Gasteiger partial charge >= 0.3 is 20.6 Å². The van der Waals surface area contributed by atoms with Gasteiger partial charge in [-0.3, -0.25) is 10.1 Å². The number of rotatable bonds is 9. The molecular weight excluding hydrogens is 636 g/mol. The second-order valence-electron chi connectivity index (χ2n) is 10.8. The quantitative estimate of drug-likeness (QED) is 0.186. The summed E-state index contributed by atoms with van der Waals surface area (Å²) in [6.07, 6.45) is -0.483. The minimum atomic E-state index is -1.24. The molecule has 231 valence electrons. The van der Waals surface area contributed by atoms with Gasteiger partial charge in [0.1, 0.15) is 23.7 Å². The predicted molar refractivity (Wildman–Crippen MR) is 167 cm³/mol. The molecule has 0 fully saturated rings. The van der Waals surface area contributed by atoms with Crippen molar-refractivity contribution in [2.24, 2.45) is 0 Å². The van der Waals surface area contributed by atoms with Crippen LogP contribution in [0, 0.1) is 5.82 Å². The summed E-state index contributed by atoms with van der Waals surface area (Å²) in [5.41, 5.74) is 0.0747. The Bertz CT molecular complexity index is 1580. The van der Waals surface area contributed by atoms with E-state index in [4.69, 9.17) is 32.7 Å². The van der Waals surface area contributed by atoms with Crippen molar-refractivity contribution in [3.63, 3.8) is 0 Å². The maximum Gasteiger partial charge on any atom is 0.410 e. The molecule has 0 bridgehead atoms. The molecule has 3 aromatic rings. The average Bonchev–Trinajstić information content (AvgIpc) is 3.34. The van der Waals surface area contributed by atoms with Gasteiger partial charge in [-0.1, -0.05) is 34.5 Å². The number of hydrogen-bond donors (Lipinski definition) is 2. The number of thiazole rings is 1. The van der Waals surface area contributed by atoms with E-state index < -0.39 is 36.6 Å². The molecule has 0 spiro atoms. The molecule has 0 saturated heterocycles. The van der Waals surface area contributed by atoms with E-state index >= 15 is 0 Å². The van der Waals surface area contributed by atoms with Crippen molar-refractivity contribution >= 4 is 78.1 Å². The van der Waals surface area contributed by atoms with Gasteiger partial charge in [0.2, 0.25) is 0 Å². The molecular formula is C26H28B2Cl2FN6O6S. The molecule has 2 amide bonds. The number of nitrogens with one attached hydrogen (secondary N) is 1. The zero-order valence-corrected chi connectivity index (χ0v) is 26.8. The molecule has 1 aliphatic rings. The van der Waals surface area contributed by atoms with Gasteiger partial charge in [-0.05, 0) is 46.7 Å². The number of carbonyl (C=O) groups excluding carboxylic acids is 3. The number of fused-ring (bicyclic) bond motifs is 1. The summed E-state index contributed by atoms with van der Waals surface area (Å²) in [4.78, 5) is 43.9. The number of amides is 2. The summed E-state index contributed by atoms with van der Waals surface area (Å²) >= 11 is 13.6. The van der Waals surface area contributed by atoms with Gasteiger partial charge in [0.15, 0.2) is 22.4 Å². The normalized spacial score (nSPS) is 13.4. The van der Waals surface area contributed by atoms with Crippen molar-refractivity contribution in [2.75, 3.05) is 16.6 Å². The first kappa shape index (κ1) is 33.4. The molecule has 0 aliphatic carbocycles. The maximum absolute atomic E-state index is 14.2. The molecule has 0 saturated carbocycles. The van der Waals surface area contributed by atoms with Crippen LogP contribution in [0.5, 0.6) is 5.75 Å². The Morgan fingerprint density at radius 2 is 2.05 bits per heavy atom. The number of halogens is 3. The standard InChI is InChI=1S/C26H28B2Cl2FN6O6S/c1-13(20-14(29)6-7-15(31)21(20)30)42-18-10-17(34-35-22(18)37(27-12-38)28(5)41)23(39)33-24-32-16-8-9-36(11-19(16)44-24)25(40)43-26(2,3)4/h6-7,10,12-13,41H,8-9,11H2,1-5H3,(H,32,33,39). The van der Waals surface area contributed by atoms with Crippen LogP contribution in [0.3, 0.4) is 0 Å². The number of ether oxygens (including phenoxy) is 2. The van der Waals surface area contributed by atoms with Crippen LogP contribution < -0.4 is 14.8 Å². The third kappa shape index (κ3) is 7.78. The lowest BCUT2D eigenvalue weighted by Crippen LogP contribution is -2.42. The monoisotopic (exact) mass is 663 g/mol. The average molecular weight is 664 g/mol. The van der Waals surface area contributed by atoms with E-state index in [0.29, 0.717) is 19.2 Å². The van der Waals surface area contributed by atoms with E-state index in [9.17, 15) is 23.8 Å². The van der Waals surface area contributed by atoms with Gasteiger partial charge in [-0.25, -0.2) is 14.2 Å². The van der Waals surface area contributed by atoms with Gasteiger partial charge in [-0.2, -0.15) is 0 Å². The van der Waals surface area contributed by atoms with Crippen molar-refractivity contribution in [2.45, 2.75) is 59.2 Å². The minimum Gasteiger partial charge on any atom is -0.482 e. The fourth-order valence-corrected chi connectivity index (χ4v) is 5.94. The summed E-state index contributed by atoms with van der Waals surface area (Å²) in [6.45, 7) is 9.01. The number of aromatic nitrogens is 3. The van der Waals surface area contributed by atoms with Gasteiger partial charge in [0, 0.05) is 34.5 Å². The van der Waals surface area contributed by atoms with E-state index in [1.807, 2.05) is 0 Å². The van der Waals surface area contributed by atoms with Gasteiger partial charge < -0.3 is 28.9 Å². The Kier molecular flexibility index (Phi) is 10.4. The van der Waals surface area contributed by atoms with Crippen molar-refractivity contribution in [1.29, 1.82) is 0 Å². The van der Waals surface area contributed by atoms with Crippen LogP contribution in [0.4, 0.5) is 20.1 Å².